The number of nitriles is 1. The normalized spacial score (nSPS) is 20.8. The van der Waals surface area contributed by atoms with Crippen molar-refractivity contribution in [1.82, 2.24) is 9.97 Å². The molecule has 0 bridgehead atoms. The number of hydrogen-bond donors (Lipinski definition) is 2. The molecule has 1 aromatic carbocycles. The highest BCUT2D eigenvalue weighted by molar-refractivity contribution is 6.32. The Balaban J connectivity index is 1.67. The number of aromatic nitrogens is 2. The van der Waals surface area contributed by atoms with Gasteiger partial charge in [-0.3, -0.25) is 0 Å². The van der Waals surface area contributed by atoms with E-state index >= 15 is 0 Å². The number of nitrogens with two attached hydrogens (primary N) is 1. The number of rotatable bonds is 3. The molecule has 1 aromatic heterocycles. The Bertz CT molecular complexity index is 962. The zero-order valence-electron chi connectivity index (χ0n) is 16.7. The molecule has 2 aromatic rings. The first kappa shape index (κ1) is 20.1. The summed E-state index contributed by atoms with van der Waals surface area (Å²) < 4.78 is 0. The van der Waals surface area contributed by atoms with Crippen LogP contribution in [0.4, 0.5) is 5.82 Å². The minimum absolute atomic E-state index is 0.209. The Labute approximate surface area is 176 Å². The number of nitrogens with zero attached hydrogens (tertiary/aromatic N) is 4. The molecule has 0 amide bonds. The summed E-state index contributed by atoms with van der Waals surface area (Å²) in [5.41, 5.74) is 9.52. The van der Waals surface area contributed by atoms with Gasteiger partial charge in [-0.15, -0.1) is 0 Å². The standard InChI is InChI=1S/C22H26ClN5O/c1-14-20(15-4-2-5-17(23)16(15)12-24)27-18(13-29)21(26-14)28-10-8-22(9-11-28)7-3-6-19(22)25/h2,4-5,19,29H,3,6-11,13,25H2,1H3/t19-/m1/s1. The summed E-state index contributed by atoms with van der Waals surface area (Å²) in [7, 11) is 0. The predicted octanol–water partition coefficient (Wildman–Crippen LogP) is 3.57. The number of hydrogen-bond acceptors (Lipinski definition) is 6. The van der Waals surface area contributed by atoms with Gasteiger partial charge in [0.25, 0.3) is 0 Å². The molecular formula is C22H26ClN5O. The molecule has 2 aliphatic rings. The molecule has 2 fully saturated rings. The van der Waals surface area contributed by atoms with Crippen molar-refractivity contribution in [3.8, 4) is 17.3 Å². The van der Waals surface area contributed by atoms with Crippen LogP contribution in [0.5, 0.6) is 0 Å². The van der Waals surface area contributed by atoms with Crippen LogP contribution in [0, 0.1) is 23.7 Å². The number of aliphatic hydroxyl groups excluding tert-OH is 1. The maximum Gasteiger partial charge on any atom is 0.153 e. The van der Waals surface area contributed by atoms with Gasteiger partial charge in [-0.25, -0.2) is 9.97 Å². The summed E-state index contributed by atoms with van der Waals surface area (Å²) in [6.45, 7) is 3.41. The largest absolute Gasteiger partial charge is 0.390 e. The van der Waals surface area contributed by atoms with Crippen LogP contribution in [0.3, 0.4) is 0 Å². The molecule has 2 heterocycles. The number of piperidine rings is 1. The van der Waals surface area contributed by atoms with Crippen molar-refractivity contribution in [2.45, 2.75) is 51.7 Å². The molecule has 3 N–H and O–H groups in total. The average Bonchev–Trinajstić information content (AvgIpc) is 3.08. The minimum Gasteiger partial charge on any atom is -0.390 e. The Morgan fingerprint density at radius 2 is 2.07 bits per heavy atom. The maximum absolute atomic E-state index is 10.00. The smallest absolute Gasteiger partial charge is 0.153 e. The second-order valence-electron chi connectivity index (χ2n) is 8.21. The van der Waals surface area contributed by atoms with Gasteiger partial charge in [0.05, 0.1) is 28.6 Å². The summed E-state index contributed by atoms with van der Waals surface area (Å²) in [6, 6.07) is 7.74. The van der Waals surface area contributed by atoms with Gasteiger partial charge in [0.15, 0.2) is 5.82 Å². The van der Waals surface area contributed by atoms with Crippen LogP contribution >= 0.6 is 11.6 Å². The lowest BCUT2D eigenvalue weighted by atomic mass is 9.74. The van der Waals surface area contributed by atoms with E-state index in [-0.39, 0.29) is 12.0 Å². The Morgan fingerprint density at radius 3 is 2.69 bits per heavy atom. The third-order valence-electron chi connectivity index (χ3n) is 6.69. The van der Waals surface area contributed by atoms with Crippen molar-refractivity contribution in [1.29, 1.82) is 5.26 Å². The van der Waals surface area contributed by atoms with Gasteiger partial charge in [-0.05, 0) is 44.1 Å². The lowest BCUT2D eigenvalue weighted by Crippen LogP contribution is -2.47. The van der Waals surface area contributed by atoms with E-state index in [9.17, 15) is 10.4 Å². The average molecular weight is 412 g/mol. The first-order valence-electron chi connectivity index (χ1n) is 10.2. The molecule has 7 heteroatoms. The van der Waals surface area contributed by atoms with Gasteiger partial charge in [0.2, 0.25) is 0 Å². The van der Waals surface area contributed by atoms with E-state index in [0.717, 1.165) is 38.2 Å². The Kier molecular flexibility index (Phi) is 5.48. The summed E-state index contributed by atoms with van der Waals surface area (Å²) in [5, 5.41) is 19.9. The van der Waals surface area contributed by atoms with E-state index in [2.05, 4.69) is 11.0 Å². The van der Waals surface area contributed by atoms with Crippen molar-refractivity contribution in [2.75, 3.05) is 18.0 Å². The molecule has 1 aliphatic carbocycles. The molecule has 1 aliphatic heterocycles. The highest BCUT2D eigenvalue weighted by atomic mass is 35.5. The van der Waals surface area contributed by atoms with Crippen LogP contribution in [0.1, 0.15) is 49.1 Å². The minimum atomic E-state index is -0.209. The lowest BCUT2D eigenvalue weighted by molar-refractivity contribution is 0.196. The summed E-state index contributed by atoms with van der Waals surface area (Å²) in [5.74, 6) is 0.732. The molecule has 29 heavy (non-hydrogen) atoms. The topological polar surface area (TPSA) is 99.1 Å². The van der Waals surface area contributed by atoms with E-state index < -0.39 is 0 Å². The second-order valence-corrected chi connectivity index (χ2v) is 8.62. The van der Waals surface area contributed by atoms with E-state index in [1.54, 1.807) is 12.1 Å². The zero-order valence-corrected chi connectivity index (χ0v) is 17.4. The van der Waals surface area contributed by atoms with Crippen LogP contribution in [0.15, 0.2) is 18.2 Å². The fraction of sp³-hybridized carbons (Fsp3) is 0.500. The highest BCUT2D eigenvalue weighted by Gasteiger charge is 2.43. The molecule has 4 rings (SSSR count). The number of aliphatic hydroxyl groups is 1. The fourth-order valence-corrected chi connectivity index (χ4v) is 5.16. The summed E-state index contributed by atoms with van der Waals surface area (Å²) in [6.07, 6.45) is 5.65. The van der Waals surface area contributed by atoms with Crippen molar-refractivity contribution < 1.29 is 5.11 Å². The fourth-order valence-electron chi connectivity index (χ4n) is 4.94. The van der Waals surface area contributed by atoms with E-state index in [0.29, 0.717) is 39.3 Å². The van der Waals surface area contributed by atoms with E-state index in [1.807, 2.05) is 13.0 Å². The Morgan fingerprint density at radius 1 is 1.31 bits per heavy atom. The quantitative estimate of drug-likeness (QED) is 0.800. The third-order valence-corrected chi connectivity index (χ3v) is 7.00. The molecule has 152 valence electrons. The van der Waals surface area contributed by atoms with Crippen molar-refractivity contribution >= 4 is 17.4 Å². The van der Waals surface area contributed by atoms with Gasteiger partial charge in [-0.2, -0.15) is 5.26 Å². The van der Waals surface area contributed by atoms with Gasteiger partial charge in [0, 0.05) is 24.7 Å². The number of aryl methyl sites for hydroxylation is 1. The monoisotopic (exact) mass is 411 g/mol. The Hall–Kier alpha value is -2.20. The van der Waals surface area contributed by atoms with Gasteiger partial charge in [-0.1, -0.05) is 30.2 Å². The summed E-state index contributed by atoms with van der Waals surface area (Å²) in [4.78, 5) is 11.7. The number of anilines is 1. The first-order valence-corrected chi connectivity index (χ1v) is 10.5. The van der Waals surface area contributed by atoms with Gasteiger partial charge in [0.1, 0.15) is 11.8 Å². The molecule has 6 nitrogen and oxygen atoms in total. The molecule has 1 atom stereocenters. The first-order chi connectivity index (χ1) is 14.0. The van der Waals surface area contributed by atoms with Crippen LogP contribution in [0.2, 0.25) is 5.02 Å². The second kappa shape index (κ2) is 7.91. The third kappa shape index (κ3) is 3.48. The van der Waals surface area contributed by atoms with E-state index in [1.165, 1.54) is 12.8 Å². The predicted molar refractivity (Wildman–Crippen MR) is 114 cm³/mol. The number of halogens is 1. The molecule has 0 unspecified atom stereocenters. The van der Waals surface area contributed by atoms with Gasteiger partial charge < -0.3 is 15.7 Å². The molecular weight excluding hydrogens is 386 g/mol. The van der Waals surface area contributed by atoms with E-state index in [4.69, 9.17) is 27.3 Å². The van der Waals surface area contributed by atoms with Crippen LogP contribution in [-0.2, 0) is 6.61 Å². The number of benzene rings is 1. The van der Waals surface area contributed by atoms with Crippen molar-refractivity contribution in [2.24, 2.45) is 11.1 Å². The highest BCUT2D eigenvalue weighted by Crippen LogP contribution is 2.46. The van der Waals surface area contributed by atoms with Crippen molar-refractivity contribution in [3.63, 3.8) is 0 Å². The van der Waals surface area contributed by atoms with Crippen molar-refractivity contribution in [3.05, 3.63) is 40.2 Å². The molecule has 0 radical (unpaired) electrons. The van der Waals surface area contributed by atoms with Crippen LogP contribution < -0.4 is 10.6 Å². The molecule has 1 saturated carbocycles. The zero-order chi connectivity index (χ0) is 20.6. The molecule has 1 saturated heterocycles. The SMILES string of the molecule is Cc1nc(N2CCC3(CCC[C@H]3N)CC2)c(CO)nc1-c1cccc(Cl)c1C#N. The van der Waals surface area contributed by atoms with Crippen LogP contribution in [0.25, 0.3) is 11.3 Å². The summed E-state index contributed by atoms with van der Waals surface area (Å²) >= 11 is 6.19. The maximum atomic E-state index is 10.00. The van der Waals surface area contributed by atoms with Crippen LogP contribution in [-0.4, -0.2) is 34.2 Å². The lowest BCUT2D eigenvalue weighted by Gasteiger charge is -2.42. The molecule has 1 spiro atoms. The van der Waals surface area contributed by atoms with Gasteiger partial charge >= 0.3 is 0 Å².